The molecule has 2 amide bonds. The van der Waals surface area contributed by atoms with Gasteiger partial charge in [0.15, 0.2) is 17.6 Å². The lowest BCUT2D eigenvalue weighted by Crippen LogP contribution is -2.36. The summed E-state index contributed by atoms with van der Waals surface area (Å²) >= 11 is 0. The predicted octanol–water partition coefficient (Wildman–Crippen LogP) is 4.53. The molecule has 0 aliphatic carbocycles. The number of hydrogen-bond donors (Lipinski definition) is 0. The molecule has 3 atom stereocenters. The van der Waals surface area contributed by atoms with Gasteiger partial charge in [0.1, 0.15) is 5.92 Å². The standard InChI is InChI=1S/C28H28N2O5/c1-3-16-34-22-15-14-20(17-23(22)33-2)25-24-26(35-30(25)21-12-8-5-9-13-21)28(32)29(27(24)31)18-19-10-6-4-7-11-19/h4-15,17,24-26H,3,16,18H2,1-2H3/t24-,25+,26-/m0/s1. The first-order chi connectivity index (χ1) is 17.1. The number of hydroxylamine groups is 1. The van der Waals surface area contributed by atoms with Gasteiger partial charge >= 0.3 is 0 Å². The predicted molar refractivity (Wildman–Crippen MR) is 131 cm³/mol. The Hall–Kier alpha value is -3.84. The van der Waals surface area contributed by atoms with Gasteiger partial charge in [-0.2, -0.15) is 0 Å². The number of ether oxygens (including phenoxy) is 2. The summed E-state index contributed by atoms with van der Waals surface area (Å²) in [7, 11) is 1.59. The Morgan fingerprint density at radius 2 is 1.60 bits per heavy atom. The van der Waals surface area contributed by atoms with Gasteiger partial charge in [0.2, 0.25) is 5.91 Å². The Balaban J connectivity index is 1.52. The number of imide groups is 1. The molecule has 3 aromatic carbocycles. The van der Waals surface area contributed by atoms with Crippen LogP contribution in [-0.4, -0.2) is 36.5 Å². The maximum absolute atomic E-state index is 13.7. The van der Waals surface area contributed by atoms with Crippen LogP contribution in [0.1, 0.15) is 30.5 Å². The summed E-state index contributed by atoms with van der Waals surface area (Å²) in [6, 6.07) is 24.2. The van der Waals surface area contributed by atoms with E-state index in [2.05, 4.69) is 0 Å². The van der Waals surface area contributed by atoms with E-state index in [-0.39, 0.29) is 18.4 Å². The van der Waals surface area contributed by atoms with E-state index in [1.807, 2.05) is 85.8 Å². The summed E-state index contributed by atoms with van der Waals surface area (Å²) in [5.74, 6) is -0.0251. The average Bonchev–Trinajstić information content (AvgIpc) is 3.40. The van der Waals surface area contributed by atoms with Crippen LogP contribution in [0.15, 0.2) is 78.9 Å². The number of anilines is 1. The maximum Gasteiger partial charge on any atom is 0.262 e. The molecule has 2 fully saturated rings. The van der Waals surface area contributed by atoms with Gasteiger partial charge in [-0.3, -0.25) is 19.3 Å². The molecule has 0 radical (unpaired) electrons. The zero-order valence-electron chi connectivity index (χ0n) is 19.8. The van der Waals surface area contributed by atoms with Crippen molar-refractivity contribution in [2.24, 2.45) is 5.92 Å². The summed E-state index contributed by atoms with van der Waals surface area (Å²) in [5, 5.41) is 1.69. The average molecular weight is 473 g/mol. The molecule has 0 unspecified atom stereocenters. The number of para-hydroxylation sites is 1. The monoisotopic (exact) mass is 472 g/mol. The molecule has 2 aliphatic rings. The van der Waals surface area contributed by atoms with Gasteiger partial charge in [0.25, 0.3) is 5.91 Å². The smallest absolute Gasteiger partial charge is 0.262 e. The van der Waals surface area contributed by atoms with Crippen LogP contribution in [0, 0.1) is 5.92 Å². The summed E-state index contributed by atoms with van der Waals surface area (Å²) in [5.41, 5.74) is 2.47. The third-order valence-electron chi connectivity index (χ3n) is 6.39. The third-order valence-corrected chi connectivity index (χ3v) is 6.39. The Bertz CT molecular complexity index is 1200. The number of carbonyl (C=O) groups excluding carboxylic acids is 2. The van der Waals surface area contributed by atoms with Gasteiger partial charge in [-0.05, 0) is 41.8 Å². The second kappa shape index (κ2) is 9.80. The Kier molecular flexibility index (Phi) is 6.42. The zero-order chi connectivity index (χ0) is 24.4. The van der Waals surface area contributed by atoms with E-state index in [4.69, 9.17) is 14.3 Å². The van der Waals surface area contributed by atoms with E-state index >= 15 is 0 Å². The highest BCUT2D eigenvalue weighted by atomic mass is 16.7. The topological polar surface area (TPSA) is 68.3 Å². The van der Waals surface area contributed by atoms with Gasteiger partial charge in [0.05, 0.1) is 32.0 Å². The van der Waals surface area contributed by atoms with Crippen molar-refractivity contribution < 1.29 is 23.9 Å². The quantitative estimate of drug-likeness (QED) is 0.449. The first-order valence-electron chi connectivity index (χ1n) is 11.8. The normalized spacial score (nSPS) is 21.4. The number of methoxy groups -OCH3 is 1. The molecule has 7 heteroatoms. The Morgan fingerprint density at radius 1 is 0.886 bits per heavy atom. The summed E-state index contributed by atoms with van der Waals surface area (Å²) in [6.45, 7) is 2.84. The van der Waals surface area contributed by atoms with Crippen LogP contribution in [0.4, 0.5) is 5.69 Å². The maximum atomic E-state index is 13.7. The van der Waals surface area contributed by atoms with Crippen LogP contribution in [0.2, 0.25) is 0 Å². The first kappa shape index (κ1) is 22.9. The van der Waals surface area contributed by atoms with Gasteiger partial charge in [-0.25, -0.2) is 5.06 Å². The van der Waals surface area contributed by atoms with Crippen LogP contribution in [-0.2, 0) is 21.0 Å². The number of fused-ring (bicyclic) bond motifs is 1. The van der Waals surface area contributed by atoms with E-state index < -0.39 is 18.1 Å². The van der Waals surface area contributed by atoms with Crippen molar-refractivity contribution >= 4 is 17.5 Å². The first-order valence-corrected chi connectivity index (χ1v) is 11.8. The van der Waals surface area contributed by atoms with Crippen molar-refractivity contribution in [3.63, 3.8) is 0 Å². The zero-order valence-corrected chi connectivity index (χ0v) is 19.8. The van der Waals surface area contributed by atoms with Gasteiger partial charge < -0.3 is 9.47 Å². The lowest BCUT2D eigenvalue weighted by Gasteiger charge is -2.29. The number of carbonyl (C=O) groups is 2. The number of benzene rings is 3. The van der Waals surface area contributed by atoms with Crippen molar-refractivity contribution in [1.82, 2.24) is 4.90 Å². The van der Waals surface area contributed by atoms with Crippen LogP contribution >= 0.6 is 0 Å². The van der Waals surface area contributed by atoms with Gasteiger partial charge in [-0.15, -0.1) is 0 Å². The van der Waals surface area contributed by atoms with Gasteiger partial charge in [0, 0.05) is 0 Å². The Morgan fingerprint density at radius 3 is 2.29 bits per heavy atom. The molecule has 0 saturated carbocycles. The molecule has 2 aliphatic heterocycles. The summed E-state index contributed by atoms with van der Waals surface area (Å²) in [4.78, 5) is 34.5. The molecule has 7 nitrogen and oxygen atoms in total. The van der Waals surface area contributed by atoms with Crippen molar-refractivity contribution in [3.8, 4) is 11.5 Å². The van der Waals surface area contributed by atoms with Crippen LogP contribution in [0.5, 0.6) is 11.5 Å². The highest BCUT2D eigenvalue weighted by Gasteiger charge is 2.59. The molecular formula is C28H28N2O5. The fraction of sp³-hybridized carbons (Fsp3) is 0.286. The second-order valence-electron chi connectivity index (χ2n) is 8.66. The highest BCUT2D eigenvalue weighted by molar-refractivity contribution is 6.07. The molecule has 0 spiro atoms. The lowest BCUT2D eigenvalue weighted by atomic mass is 9.90. The highest BCUT2D eigenvalue weighted by Crippen LogP contribution is 2.48. The van der Waals surface area contributed by atoms with Crippen LogP contribution in [0.25, 0.3) is 0 Å². The molecule has 35 heavy (non-hydrogen) atoms. The molecule has 0 bridgehead atoms. The summed E-state index contributed by atoms with van der Waals surface area (Å²) in [6.07, 6.45) is -0.0146. The van der Waals surface area contributed by atoms with Crippen molar-refractivity contribution in [1.29, 1.82) is 0 Å². The summed E-state index contributed by atoms with van der Waals surface area (Å²) < 4.78 is 11.4. The molecule has 2 saturated heterocycles. The molecule has 3 aromatic rings. The molecule has 2 heterocycles. The fourth-order valence-electron chi connectivity index (χ4n) is 4.73. The van der Waals surface area contributed by atoms with E-state index in [1.165, 1.54) is 4.90 Å². The SMILES string of the molecule is CCCOc1ccc([C@@H]2[C@@H]3C(=O)N(Cc4ccccc4)C(=O)[C@H]3ON2c2ccccc2)cc1OC. The second-order valence-corrected chi connectivity index (χ2v) is 8.66. The fourth-order valence-corrected chi connectivity index (χ4v) is 4.73. The third kappa shape index (κ3) is 4.23. The molecular weight excluding hydrogens is 444 g/mol. The Labute approximate surface area is 204 Å². The van der Waals surface area contributed by atoms with Crippen LogP contribution < -0.4 is 14.5 Å². The molecule has 180 valence electrons. The number of likely N-dealkylation sites (tertiary alicyclic amines) is 1. The number of hydrogen-bond acceptors (Lipinski definition) is 6. The van der Waals surface area contributed by atoms with E-state index in [1.54, 1.807) is 12.2 Å². The number of nitrogens with zero attached hydrogens (tertiary/aromatic N) is 2. The van der Waals surface area contributed by atoms with Crippen LogP contribution in [0.3, 0.4) is 0 Å². The van der Waals surface area contributed by atoms with E-state index in [0.717, 1.165) is 23.2 Å². The van der Waals surface area contributed by atoms with Crippen molar-refractivity contribution in [2.75, 3.05) is 18.8 Å². The minimum absolute atomic E-state index is 0.222. The lowest BCUT2D eigenvalue weighted by molar-refractivity contribution is -0.143. The van der Waals surface area contributed by atoms with Crippen molar-refractivity contribution in [3.05, 3.63) is 90.0 Å². The molecule has 5 rings (SSSR count). The van der Waals surface area contributed by atoms with E-state index in [9.17, 15) is 9.59 Å². The largest absolute Gasteiger partial charge is 0.493 e. The molecule has 0 N–H and O–H groups in total. The van der Waals surface area contributed by atoms with Crippen molar-refractivity contribution in [2.45, 2.75) is 32.0 Å². The minimum atomic E-state index is -0.890. The minimum Gasteiger partial charge on any atom is -0.493 e. The van der Waals surface area contributed by atoms with E-state index in [0.29, 0.717) is 18.1 Å². The van der Waals surface area contributed by atoms with Gasteiger partial charge in [-0.1, -0.05) is 61.5 Å². The molecule has 0 aromatic heterocycles. The number of rotatable bonds is 8. The number of amides is 2.